The molecule has 0 heterocycles. The van der Waals surface area contributed by atoms with Gasteiger partial charge in [-0.15, -0.1) is 0 Å². The highest BCUT2D eigenvalue weighted by atomic mass is 32.2. The molecule has 78 valence electrons. The summed E-state index contributed by atoms with van der Waals surface area (Å²) in [6, 6.07) is -0.955. The highest BCUT2D eigenvalue weighted by Gasteiger charge is 2.24. The fourth-order valence-electron chi connectivity index (χ4n) is 0.656. The Morgan fingerprint density at radius 1 is 1.54 bits per heavy atom. The molecule has 4 N–H and O–H groups in total. The summed E-state index contributed by atoms with van der Waals surface area (Å²) in [5.41, 5.74) is 5.38. The summed E-state index contributed by atoms with van der Waals surface area (Å²) in [4.78, 5) is 11.0. The summed E-state index contributed by atoms with van der Waals surface area (Å²) in [5, 5.41) is 4.49. The fourth-order valence-corrected chi connectivity index (χ4v) is 0.996. The Kier molecular flexibility index (Phi) is 4.31. The van der Waals surface area contributed by atoms with E-state index in [1.165, 1.54) is 0 Å². The third kappa shape index (κ3) is 4.81. The van der Waals surface area contributed by atoms with Crippen LogP contribution in [0.3, 0.4) is 0 Å². The molecular weight excluding hydrogens is 196 g/mol. The first-order valence-electron chi connectivity index (χ1n) is 3.79. The van der Waals surface area contributed by atoms with E-state index >= 15 is 0 Å². The van der Waals surface area contributed by atoms with Crippen LogP contribution in [0.2, 0.25) is 0 Å². The number of hydrogen-bond acceptors (Lipinski definition) is 5. The maximum Gasteiger partial charge on any atom is 0.382 e. The van der Waals surface area contributed by atoms with Gasteiger partial charge in [0.25, 0.3) is 0 Å². The van der Waals surface area contributed by atoms with Crippen molar-refractivity contribution in [1.29, 1.82) is 0 Å². The minimum absolute atomic E-state index is 0.144. The van der Waals surface area contributed by atoms with Crippen molar-refractivity contribution in [3.63, 3.8) is 0 Å². The fraction of sp³-hybridized carbons (Fsp3) is 0.833. The molecular formula is C6H14N2O4S. The lowest BCUT2D eigenvalue weighted by Crippen LogP contribution is -2.40. The van der Waals surface area contributed by atoms with E-state index in [4.69, 9.17) is 5.73 Å². The summed E-state index contributed by atoms with van der Waals surface area (Å²) in [5.74, 6) is -1.16. The van der Waals surface area contributed by atoms with Crippen molar-refractivity contribution < 1.29 is 17.4 Å². The number of hydrogen-bond donors (Lipinski definition) is 2. The standard InChI is InChI=1S/C6H14N2O4S/c1-3-4(2)5(7)6(9)12-13(8,10)11/h4-5H,3,7H2,1-2H3,(H2,8,10,11)/t4-,5+/m0/s1. The number of rotatable bonds is 4. The summed E-state index contributed by atoms with van der Waals surface area (Å²) in [7, 11) is -4.24. The number of nitrogens with two attached hydrogens (primary N) is 2. The maximum atomic E-state index is 11.0. The molecule has 0 aliphatic carbocycles. The molecule has 0 saturated heterocycles. The van der Waals surface area contributed by atoms with E-state index < -0.39 is 22.3 Å². The molecule has 13 heavy (non-hydrogen) atoms. The SMILES string of the molecule is CC[C@H](C)[C@@H](N)C(=O)OS(N)(=O)=O. The van der Waals surface area contributed by atoms with Crippen molar-refractivity contribution in [2.24, 2.45) is 16.8 Å². The molecule has 0 aliphatic heterocycles. The molecule has 0 aromatic carbocycles. The maximum absolute atomic E-state index is 11.0. The van der Waals surface area contributed by atoms with Crippen molar-refractivity contribution >= 4 is 16.3 Å². The second kappa shape index (κ2) is 4.54. The zero-order valence-corrected chi connectivity index (χ0v) is 8.37. The first-order chi connectivity index (χ1) is 5.78. The highest BCUT2D eigenvalue weighted by Crippen LogP contribution is 2.07. The van der Waals surface area contributed by atoms with Crippen LogP contribution < -0.4 is 10.9 Å². The van der Waals surface area contributed by atoms with E-state index in [2.05, 4.69) is 9.32 Å². The van der Waals surface area contributed by atoms with Crippen LogP contribution in [0.5, 0.6) is 0 Å². The average Bonchev–Trinajstić information content (AvgIpc) is 1.98. The first kappa shape index (κ1) is 12.3. The quantitative estimate of drug-likeness (QED) is 0.624. The number of carbonyl (C=O) groups excluding carboxylic acids is 1. The van der Waals surface area contributed by atoms with Gasteiger partial charge in [0.05, 0.1) is 0 Å². The van der Waals surface area contributed by atoms with Gasteiger partial charge in [0, 0.05) is 0 Å². The van der Waals surface area contributed by atoms with Crippen LogP contribution in [0.1, 0.15) is 20.3 Å². The van der Waals surface area contributed by atoms with E-state index in [0.29, 0.717) is 6.42 Å². The van der Waals surface area contributed by atoms with E-state index in [1.54, 1.807) is 6.92 Å². The lowest BCUT2D eigenvalue weighted by Gasteiger charge is -2.15. The smallest absolute Gasteiger partial charge is 0.333 e. The first-order valence-corrected chi connectivity index (χ1v) is 5.26. The molecule has 0 aliphatic rings. The average molecular weight is 210 g/mol. The van der Waals surface area contributed by atoms with Crippen LogP contribution in [0, 0.1) is 5.92 Å². The zero-order valence-electron chi connectivity index (χ0n) is 7.56. The van der Waals surface area contributed by atoms with Crippen LogP contribution in [0.25, 0.3) is 0 Å². The molecule has 0 rings (SSSR count). The normalized spacial score (nSPS) is 16.3. The van der Waals surface area contributed by atoms with Crippen molar-refractivity contribution in [2.45, 2.75) is 26.3 Å². The van der Waals surface area contributed by atoms with Crippen LogP contribution in [0.15, 0.2) is 0 Å². The molecule has 2 atom stereocenters. The minimum atomic E-state index is -4.24. The second-order valence-electron chi connectivity index (χ2n) is 2.81. The van der Waals surface area contributed by atoms with E-state index in [1.807, 2.05) is 6.92 Å². The second-order valence-corrected chi connectivity index (χ2v) is 3.96. The predicted molar refractivity (Wildman–Crippen MR) is 46.6 cm³/mol. The summed E-state index contributed by atoms with van der Waals surface area (Å²) in [6.07, 6.45) is 0.654. The van der Waals surface area contributed by atoms with Crippen LogP contribution in [0.4, 0.5) is 0 Å². The third-order valence-corrected chi connectivity index (χ3v) is 2.12. The van der Waals surface area contributed by atoms with Gasteiger partial charge in [-0.2, -0.15) is 13.6 Å². The Hall–Kier alpha value is -0.660. The molecule has 0 amide bonds. The molecule has 0 unspecified atom stereocenters. The van der Waals surface area contributed by atoms with E-state index in [9.17, 15) is 13.2 Å². The van der Waals surface area contributed by atoms with Gasteiger partial charge in [0.1, 0.15) is 6.04 Å². The van der Waals surface area contributed by atoms with E-state index in [0.717, 1.165) is 0 Å². The van der Waals surface area contributed by atoms with Crippen molar-refractivity contribution in [3.8, 4) is 0 Å². The van der Waals surface area contributed by atoms with Gasteiger partial charge in [-0.3, -0.25) is 0 Å². The van der Waals surface area contributed by atoms with Crippen LogP contribution >= 0.6 is 0 Å². The monoisotopic (exact) mass is 210 g/mol. The van der Waals surface area contributed by atoms with Crippen LogP contribution in [-0.2, 0) is 19.3 Å². The summed E-state index contributed by atoms with van der Waals surface area (Å²) in [6.45, 7) is 3.55. The molecule has 0 aromatic heterocycles. The van der Waals surface area contributed by atoms with Gasteiger partial charge >= 0.3 is 16.3 Å². The van der Waals surface area contributed by atoms with Gasteiger partial charge in [0.15, 0.2) is 0 Å². The molecule has 0 radical (unpaired) electrons. The van der Waals surface area contributed by atoms with Crippen LogP contribution in [-0.4, -0.2) is 20.4 Å². The molecule has 6 nitrogen and oxygen atoms in total. The van der Waals surface area contributed by atoms with Gasteiger partial charge < -0.3 is 9.92 Å². The number of carbonyl (C=O) groups is 1. The molecule has 7 heteroatoms. The molecule has 0 aromatic rings. The molecule has 0 fully saturated rings. The van der Waals surface area contributed by atoms with Crippen molar-refractivity contribution in [1.82, 2.24) is 0 Å². The van der Waals surface area contributed by atoms with Crippen molar-refractivity contribution in [2.75, 3.05) is 0 Å². The topological polar surface area (TPSA) is 112 Å². The lowest BCUT2D eigenvalue weighted by atomic mass is 10.0. The molecule has 0 saturated carbocycles. The van der Waals surface area contributed by atoms with Gasteiger partial charge in [-0.1, -0.05) is 20.3 Å². The Labute approximate surface area is 77.5 Å². The van der Waals surface area contributed by atoms with Crippen molar-refractivity contribution in [3.05, 3.63) is 0 Å². The van der Waals surface area contributed by atoms with E-state index in [-0.39, 0.29) is 5.92 Å². The Morgan fingerprint density at radius 2 is 2.00 bits per heavy atom. The largest absolute Gasteiger partial charge is 0.382 e. The summed E-state index contributed by atoms with van der Waals surface area (Å²) >= 11 is 0. The summed E-state index contributed by atoms with van der Waals surface area (Å²) < 4.78 is 24.6. The Morgan fingerprint density at radius 3 is 2.31 bits per heavy atom. The zero-order chi connectivity index (χ0) is 10.6. The molecule has 0 bridgehead atoms. The third-order valence-electron chi connectivity index (χ3n) is 1.73. The van der Waals surface area contributed by atoms with Gasteiger partial charge in [-0.05, 0) is 5.92 Å². The molecule has 0 spiro atoms. The van der Waals surface area contributed by atoms with Gasteiger partial charge in [0.2, 0.25) is 0 Å². The Bertz CT molecular complexity index is 274. The predicted octanol–water partition coefficient (Wildman–Crippen LogP) is -0.893. The lowest BCUT2D eigenvalue weighted by molar-refractivity contribution is -0.136. The van der Waals surface area contributed by atoms with Gasteiger partial charge in [-0.25, -0.2) is 4.79 Å². The Balaban J connectivity index is 4.28. The highest BCUT2D eigenvalue weighted by molar-refractivity contribution is 7.84. The minimum Gasteiger partial charge on any atom is -0.333 e.